The molecule has 1 aromatic carbocycles. The molecule has 3 rings (SSSR count). The second-order valence-corrected chi connectivity index (χ2v) is 4.72. The molecule has 5 heteroatoms. The zero-order valence-corrected chi connectivity index (χ0v) is 10.7. The Morgan fingerprint density at radius 1 is 1.47 bits per heavy atom. The van der Waals surface area contributed by atoms with E-state index in [0.717, 1.165) is 24.1 Å². The Morgan fingerprint density at radius 2 is 2.32 bits per heavy atom. The van der Waals surface area contributed by atoms with E-state index in [0.29, 0.717) is 23.7 Å². The van der Waals surface area contributed by atoms with Crippen LogP contribution in [0.1, 0.15) is 28.2 Å². The van der Waals surface area contributed by atoms with Gasteiger partial charge < -0.3 is 15.1 Å². The molecule has 2 N–H and O–H groups in total. The second-order valence-electron chi connectivity index (χ2n) is 4.72. The lowest BCUT2D eigenvalue weighted by atomic mass is 10.0. The number of nitrogens with two attached hydrogens (primary N) is 1. The number of amides is 1. The van der Waals surface area contributed by atoms with Crippen molar-refractivity contribution >= 4 is 17.3 Å². The van der Waals surface area contributed by atoms with Crippen molar-refractivity contribution in [1.82, 2.24) is 4.98 Å². The van der Waals surface area contributed by atoms with Crippen molar-refractivity contribution in [1.29, 1.82) is 0 Å². The molecule has 5 nitrogen and oxygen atoms in total. The van der Waals surface area contributed by atoms with Gasteiger partial charge in [-0.1, -0.05) is 6.07 Å². The maximum atomic E-state index is 12.5. The summed E-state index contributed by atoms with van der Waals surface area (Å²) in [4.78, 5) is 18.2. The molecular formula is C14H15N3O2. The number of carbonyl (C=O) groups is 1. The Labute approximate surface area is 111 Å². The molecule has 2 heterocycles. The lowest BCUT2D eigenvalue weighted by Gasteiger charge is -2.29. The van der Waals surface area contributed by atoms with Crippen molar-refractivity contribution in [2.24, 2.45) is 0 Å². The van der Waals surface area contributed by atoms with E-state index < -0.39 is 0 Å². The summed E-state index contributed by atoms with van der Waals surface area (Å²) in [5.41, 5.74) is 9.12. The number of nitrogens with zero attached hydrogens (tertiary/aromatic N) is 2. The number of hydrogen-bond donors (Lipinski definition) is 1. The van der Waals surface area contributed by atoms with E-state index in [-0.39, 0.29) is 5.91 Å². The summed E-state index contributed by atoms with van der Waals surface area (Å²) in [6.45, 7) is 2.44. The zero-order valence-electron chi connectivity index (χ0n) is 10.7. The first-order valence-electron chi connectivity index (χ1n) is 6.27. The molecule has 0 spiro atoms. The maximum Gasteiger partial charge on any atom is 0.295 e. The average molecular weight is 257 g/mol. The first-order valence-corrected chi connectivity index (χ1v) is 6.27. The van der Waals surface area contributed by atoms with E-state index in [9.17, 15) is 4.79 Å². The van der Waals surface area contributed by atoms with Crippen LogP contribution >= 0.6 is 0 Å². The zero-order chi connectivity index (χ0) is 13.4. The van der Waals surface area contributed by atoms with Gasteiger partial charge in [0.15, 0.2) is 6.39 Å². The third kappa shape index (κ3) is 1.97. The molecule has 0 fully saturated rings. The van der Waals surface area contributed by atoms with Crippen molar-refractivity contribution in [3.05, 3.63) is 41.6 Å². The highest BCUT2D eigenvalue weighted by Crippen LogP contribution is 2.30. The number of aryl methyl sites for hydroxylation is 2. The van der Waals surface area contributed by atoms with Gasteiger partial charge in [-0.25, -0.2) is 4.98 Å². The van der Waals surface area contributed by atoms with Crippen LogP contribution in [0.3, 0.4) is 0 Å². The largest absolute Gasteiger partial charge is 0.438 e. The van der Waals surface area contributed by atoms with Crippen LogP contribution in [0.15, 0.2) is 29.0 Å². The molecule has 0 bridgehead atoms. The van der Waals surface area contributed by atoms with E-state index in [1.165, 1.54) is 6.39 Å². The van der Waals surface area contributed by atoms with Crippen molar-refractivity contribution < 1.29 is 9.21 Å². The van der Waals surface area contributed by atoms with Gasteiger partial charge in [-0.2, -0.15) is 0 Å². The lowest BCUT2D eigenvalue weighted by Crippen LogP contribution is -2.35. The van der Waals surface area contributed by atoms with E-state index in [1.807, 2.05) is 18.2 Å². The fourth-order valence-corrected chi connectivity index (χ4v) is 2.43. The monoisotopic (exact) mass is 257 g/mol. The molecule has 1 aromatic heterocycles. The Morgan fingerprint density at radius 3 is 3.05 bits per heavy atom. The molecular weight excluding hydrogens is 242 g/mol. The normalized spacial score (nSPS) is 14.3. The minimum Gasteiger partial charge on any atom is -0.438 e. The van der Waals surface area contributed by atoms with Crippen LogP contribution < -0.4 is 10.6 Å². The summed E-state index contributed by atoms with van der Waals surface area (Å²) in [7, 11) is 0. The molecule has 0 atom stereocenters. The number of aromatic nitrogens is 1. The number of nitrogen functional groups attached to an aromatic ring is 1. The van der Waals surface area contributed by atoms with Crippen molar-refractivity contribution in [3.8, 4) is 0 Å². The van der Waals surface area contributed by atoms with Crippen LogP contribution in [-0.2, 0) is 6.42 Å². The molecule has 98 valence electrons. The molecule has 0 radical (unpaired) electrons. The number of rotatable bonds is 1. The van der Waals surface area contributed by atoms with Gasteiger partial charge in [0.05, 0.1) is 5.69 Å². The van der Waals surface area contributed by atoms with Crippen molar-refractivity contribution in [3.63, 3.8) is 0 Å². The minimum absolute atomic E-state index is 0.151. The number of anilines is 2. The second kappa shape index (κ2) is 4.42. The van der Waals surface area contributed by atoms with Gasteiger partial charge in [0.1, 0.15) is 0 Å². The molecule has 1 aliphatic rings. The van der Waals surface area contributed by atoms with E-state index >= 15 is 0 Å². The van der Waals surface area contributed by atoms with Crippen LogP contribution in [0.2, 0.25) is 0 Å². The summed E-state index contributed by atoms with van der Waals surface area (Å²) in [5.74, 6) is 0.150. The van der Waals surface area contributed by atoms with E-state index in [2.05, 4.69) is 4.98 Å². The predicted octanol–water partition coefficient (Wildman–Crippen LogP) is 2.16. The summed E-state index contributed by atoms with van der Waals surface area (Å²) >= 11 is 0. The lowest BCUT2D eigenvalue weighted by molar-refractivity contribution is 0.0957. The Hall–Kier alpha value is -2.30. The number of hydrogen-bond acceptors (Lipinski definition) is 4. The topological polar surface area (TPSA) is 72.4 Å². The van der Waals surface area contributed by atoms with Crippen LogP contribution in [0, 0.1) is 6.92 Å². The van der Waals surface area contributed by atoms with Gasteiger partial charge in [-0.15, -0.1) is 0 Å². The molecule has 2 aromatic rings. The van der Waals surface area contributed by atoms with Gasteiger partial charge in [-0.05, 0) is 37.5 Å². The number of benzene rings is 1. The van der Waals surface area contributed by atoms with E-state index in [4.69, 9.17) is 10.2 Å². The minimum atomic E-state index is -0.151. The highest BCUT2D eigenvalue weighted by Gasteiger charge is 2.27. The molecule has 0 aliphatic carbocycles. The SMILES string of the molecule is Cc1ncoc1C(=O)N1CCCc2ccc(N)cc21. The highest BCUT2D eigenvalue weighted by atomic mass is 16.3. The standard InChI is InChI=1S/C14H15N3O2/c1-9-13(19-8-16-9)14(18)17-6-2-3-10-4-5-11(15)7-12(10)17/h4-5,7-8H,2-3,6,15H2,1H3. The summed E-state index contributed by atoms with van der Waals surface area (Å²) in [6, 6.07) is 5.70. The first kappa shape index (κ1) is 11.8. The number of carbonyl (C=O) groups excluding carboxylic acids is 1. The fourth-order valence-electron chi connectivity index (χ4n) is 2.43. The van der Waals surface area contributed by atoms with Gasteiger partial charge in [-0.3, -0.25) is 4.79 Å². The maximum absolute atomic E-state index is 12.5. The van der Waals surface area contributed by atoms with Crippen LogP contribution in [0.25, 0.3) is 0 Å². The number of fused-ring (bicyclic) bond motifs is 1. The summed E-state index contributed by atoms with van der Waals surface area (Å²) < 4.78 is 5.19. The predicted molar refractivity (Wildman–Crippen MR) is 72.1 cm³/mol. The molecule has 0 unspecified atom stereocenters. The fraction of sp³-hybridized carbons (Fsp3) is 0.286. The highest BCUT2D eigenvalue weighted by molar-refractivity contribution is 6.05. The average Bonchev–Trinajstić information content (AvgIpc) is 2.83. The first-order chi connectivity index (χ1) is 9.16. The molecule has 1 aliphatic heterocycles. The quantitative estimate of drug-likeness (QED) is 0.794. The van der Waals surface area contributed by atoms with Crippen LogP contribution in [-0.4, -0.2) is 17.4 Å². The molecule has 19 heavy (non-hydrogen) atoms. The number of oxazole rings is 1. The third-order valence-electron chi connectivity index (χ3n) is 3.41. The molecule has 1 amide bonds. The van der Waals surface area contributed by atoms with Gasteiger partial charge in [0, 0.05) is 17.9 Å². The van der Waals surface area contributed by atoms with Gasteiger partial charge >= 0.3 is 0 Å². The Kier molecular flexibility index (Phi) is 2.74. The van der Waals surface area contributed by atoms with Crippen molar-refractivity contribution in [2.45, 2.75) is 19.8 Å². The van der Waals surface area contributed by atoms with Crippen molar-refractivity contribution in [2.75, 3.05) is 17.2 Å². The van der Waals surface area contributed by atoms with Crippen LogP contribution in [0.4, 0.5) is 11.4 Å². The molecule has 0 saturated carbocycles. The van der Waals surface area contributed by atoms with Gasteiger partial charge in [0.25, 0.3) is 5.91 Å². The van der Waals surface area contributed by atoms with E-state index in [1.54, 1.807) is 11.8 Å². The summed E-state index contributed by atoms with van der Waals surface area (Å²) in [6.07, 6.45) is 3.21. The smallest absolute Gasteiger partial charge is 0.295 e. The Bertz CT molecular complexity index is 633. The third-order valence-corrected chi connectivity index (χ3v) is 3.41. The van der Waals surface area contributed by atoms with Gasteiger partial charge in [0.2, 0.25) is 5.76 Å². The molecule has 0 saturated heterocycles. The Balaban J connectivity index is 2.02. The van der Waals surface area contributed by atoms with Crippen LogP contribution in [0.5, 0.6) is 0 Å². The summed E-state index contributed by atoms with van der Waals surface area (Å²) in [5, 5.41) is 0.